The minimum atomic E-state index is -1.69. The maximum absolute atomic E-state index is 13.8. The van der Waals surface area contributed by atoms with Crippen LogP contribution < -0.4 is 10.1 Å². The van der Waals surface area contributed by atoms with Crippen molar-refractivity contribution in [1.29, 1.82) is 0 Å². The summed E-state index contributed by atoms with van der Waals surface area (Å²) in [5, 5.41) is 10.0. The van der Waals surface area contributed by atoms with Crippen molar-refractivity contribution in [2.75, 3.05) is 6.61 Å². The molecule has 2 N–H and O–H groups in total. The van der Waals surface area contributed by atoms with E-state index in [-0.39, 0.29) is 12.0 Å². The van der Waals surface area contributed by atoms with E-state index in [1.807, 2.05) is 20.8 Å². The monoisotopic (exact) mass is 323 g/mol. The molecule has 0 aliphatic heterocycles. The third-order valence-electron chi connectivity index (χ3n) is 2.83. The van der Waals surface area contributed by atoms with Crippen LogP contribution in [0, 0.1) is 28.7 Å². The number of nitrogens with one attached hydrogen (secondary N) is 1. The molecule has 0 unspecified atom stereocenters. The van der Waals surface area contributed by atoms with Crippen molar-refractivity contribution in [3.05, 3.63) is 28.8 Å². The van der Waals surface area contributed by atoms with Gasteiger partial charge >= 0.3 is 6.09 Å². The highest BCUT2D eigenvalue weighted by Crippen LogP contribution is 2.31. The molecule has 8 heteroatoms. The van der Waals surface area contributed by atoms with Crippen LogP contribution in [0.2, 0.25) is 0 Å². The number of hydrogen-bond acceptors (Lipinski definition) is 2. The van der Waals surface area contributed by atoms with Crippen LogP contribution in [0.1, 0.15) is 32.8 Å². The van der Waals surface area contributed by atoms with Crippen LogP contribution in [0.5, 0.6) is 5.75 Å². The van der Waals surface area contributed by atoms with Gasteiger partial charge in [0.15, 0.2) is 17.4 Å². The topological polar surface area (TPSA) is 58.6 Å². The average molecular weight is 323 g/mol. The number of carboxylic acid groups (broad SMARTS) is 1. The van der Waals surface area contributed by atoms with E-state index in [1.54, 1.807) is 5.32 Å². The molecule has 0 aliphatic rings. The standard InChI is InChI=1S/C14H17F4NO3/c1-14(2,3)4-5-22-12-10(17)8(15)7(6-19-13(20)21)9(16)11(12)18/h19H,4-6H2,1-3H3,(H,20,21). The smallest absolute Gasteiger partial charge is 0.404 e. The van der Waals surface area contributed by atoms with Crippen molar-refractivity contribution in [3.63, 3.8) is 0 Å². The van der Waals surface area contributed by atoms with E-state index in [0.29, 0.717) is 6.42 Å². The minimum absolute atomic E-state index is 0.122. The lowest BCUT2D eigenvalue weighted by molar-refractivity contribution is 0.193. The van der Waals surface area contributed by atoms with Gasteiger partial charge in [0.05, 0.1) is 13.2 Å². The van der Waals surface area contributed by atoms with Crippen molar-refractivity contribution < 1.29 is 32.2 Å². The number of amides is 1. The maximum Gasteiger partial charge on any atom is 0.404 e. The van der Waals surface area contributed by atoms with E-state index in [2.05, 4.69) is 0 Å². The van der Waals surface area contributed by atoms with Crippen molar-refractivity contribution in [3.8, 4) is 5.75 Å². The van der Waals surface area contributed by atoms with Gasteiger partial charge in [-0.3, -0.25) is 0 Å². The van der Waals surface area contributed by atoms with Crippen molar-refractivity contribution in [1.82, 2.24) is 5.32 Å². The van der Waals surface area contributed by atoms with E-state index in [9.17, 15) is 22.4 Å². The quantitative estimate of drug-likeness (QED) is 0.639. The molecule has 1 aromatic rings. The van der Waals surface area contributed by atoms with Crippen LogP contribution in [-0.2, 0) is 6.54 Å². The zero-order valence-corrected chi connectivity index (χ0v) is 12.4. The predicted octanol–water partition coefficient (Wildman–Crippen LogP) is 3.83. The molecule has 1 aromatic carbocycles. The summed E-state index contributed by atoms with van der Waals surface area (Å²) in [6, 6.07) is 0. The highest BCUT2D eigenvalue weighted by atomic mass is 19.2. The van der Waals surface area contributed by atoms with Crippen LogP contribution >= 0.6 is 0 Å². The van der Waals surface area contributed by atoms with Gasteiger partial charge in [0.2, 0.25) is 11.6 Å². The van der Waals surface area contributed by atoms with Gasteiger partial charge in [0.25, 0.3) is 0 Å². The first kappa shape index (κ1) is 18.1. The normalized spacial score (nSPS) is 11.4. The number of carbonyl (C=O) groups is 1. The molecule has 0 saturated carbocycles. The summed E-state index contributed by atoms with van der Waals surface area (Å²) in [7, 11) is 0. The molecule has 22 heavy (non-hydrogen) atoms. The Kier molecular flexibility index (Phi) is 5.62. The molecule has 0 radical (unpaired) electrons. The Bertz CT molecular complexity index is 541. The van der Waals surface area contributed by atoms with E-state index in [0.717, 1.165) is 0 Å². The van der Waals surface area contributed by atoms with Crippen LogP contribution in [0.25, 0.3) is 0 Å². The second-order valence-electron chi connectivity index (χ2n) is 5.88. The number of halogens is 4. The van der Waals surface area contributed by atoms with Gasteiger partial charge in [0.1, 0.15) is 0 Å². The second-order valence-corrected chi connectivity index (χ2v) is 5.88. The molecule has 0 spiro atoms. The Morgan fingerprint density at radius 1 is 1.09 bits per heavy atom. The molecular formula is C14H17F4NO3. The third kappa shape index (κ3) is 4.51. The zero-order chi connectivity index (χ0) is 17.1. The van der Waals surface area contributed by atoms with Gasteiger partial charge in [0, 0.05) is 5.56 Å². The third-order valence-corrected chi connectivity index (χ3v) is 2.83. The van der Waals surface area contributed by atoms with Gasteiger partial charge in [-0.05, 0) is 11.8 Å². The largest absolute Gasteiger partial charge is 0.487 e. The molecule has 124 valence electrons. The van der Waals surface area contributed by atoms with Crippen molar-refractivity contribution in [2.24, 2.45) is 5.41 Å². The molecular weight excluding hydrogens is 306 g/mol. The Morgan fingerprint density at radius 3 is 2.00 bits per heavy atom. The molecule has 1 rings (SSSR count). The van der Waals surface area contributed by atoms with Gasteiger partial charge in [-0.15, -0.1) is 0 Å². The maximum atomic E-state index is 13.8. The molecule has 0 aromatic heterocycles. The first-order chi connectivity index (χ1) is 10.0. The lowest BCUT2D eigenvalue weighted by atomic mass is 9.93. The molecule has 0 saturated heterocycles. The van der Waals surface area contributed by atoms with Crippen molar-refractivity contribution >= 4 is 6.09 Å². The first-order valence-electron chi connectivity index (χ1n) is 6.49. The van der Waals surface area contributed by atoms with Crippen LogP contribution in [0.15, 0.2) is 0 Å². The summed E-state index contributed by atoms with van der Waals surface area (Å²) in [4.78, 5) is 10.3. The van der Waals surface area contributed by atoms with Crippen LogP contribution in [0.4, 0.5) is 22.4 Å². The first-order valence-corrected chi connectivity index (χ1v) is 6.49. The lowest BCUT2D eigenvalue weighted by Crippen LogP contribution is -2.22. The van der Waals surface area contributed by atoms with Gasteiger partial charge in [-0.2, -0.15) is 8.78 Å². The fraction of sp³-hybridized carbons (Fsp3) is 0.500. The van der Waals surface area contributed by atoms with E-state index < -0.39 is 47.2 Å². The number of benzene rings is 1. The summed E-state index contributed by atoms with van der Waals surface area (Å²) in [5.41, 5.74) is -1.23. The molecule has 0 heterocycles. The molecule has 1 amide bonds. The fourth-order valence-electron chi connectivity index (χ4n) is 1.56. The van der Waals surface area contributed by atoms with Crippen LogP contribution in [-0.4, -0.2) is 17.8 Å². The lowest BCUT2D eigenvalue weighted by Gasteiger charge is -2.19. The summed E-state index contributed by atoms with van der Waals surface area (Å²) < 4.78 is 59.8. The predicted molar refractivity (Wildman–Crippen MR) is 70.7 cm³/mol. The van der Waals surface area contributed by atoms with Crippen molar-refractivity contribution in [2.45, 2.75) is 33.7 Å². The summed E-state index contributed by atoms with van der Waals surface area (Å²) in [6.45, 7) is 4.58. The van der Waals surface area contributed by atoms with Gasteiger partial charge in [-0.25, -0.2) is 13.6 Å². The molecule has 0 fully saturated rings. The number of rotatable bonds is 5. The minimum Gasteiger partial charge on any atom is -0.487 e. The number of hydrogen-bond donors (Lipinski definition) is 2. The SMILES string of the molecule is CC(C)(C)CCOc1c(F)c(F)c(CNC(=O)O)c(F)c1F. The Hall–Kier alpha value is -1.99. The second kappa shape index (κ2) is 6.85. The molecule has 0 bridgehead atoms. The highest BCUT2D eigenvalue weighted by Gasteiger charge is 2.27. The molecule has 4 nitrogen and oxygen atoms in total. The fourth-order valence-corrected chi connectivity index (χ4v) is 1.56. The van der Waals surface area contributed by atoms with E-state index in [4.69, 9.17) is 9.84 Å². The van der Waals surface area contributed by atoms with E-state index in [1.165, 1.54) is 0 Å². The Morgan fingerprint density at radius 2 is 1.59 bits per heavy atom. The average Bonchev–Trinajstić information content (AvgIpc) is 2.39. The summed E-state index contributed by atoms with van der Waals surface area (Å²) >= 11 is 0. The Labute approximate surface area is 125 Å². The summed E-state index contributed by atoms with van der Waals surface area (Å²) in [6.07, 6.45) is -1.16. The van der Waals surface area contributed by atoms with Gasteiger partial charge in [-0.1, -0.05) is 20.8 Å². The highest BCUT2D eigenvalue weighted by molar-refractivity contribution is 5.64. The van der Waals surface area contributed by atoms with Gasteiger partial charge < -0.3 is 15.2 Å². The molecule has 0 atom stereocenters. The van der Waals surface area contributed by atoms with Crippen LogP contribution in [0.3, 0.4) is 0 Å². The number of ether oxygens (including phenoxy) is 1. The zero-order valence-electron chi connectivity index (χ0n) is 12.4. The van der Waals surface area contributed by atoms with E-state index >= 15 is 0 Å². The Balaban J connectivity index is 3.04. The summed E-state index contributed by atoms with van der Waals surface area (Å²) in [5.74, 6) is -7.87. The molecule has 0 aliphatic carbocycles.